The Bertz CT molecular complexity index is 609. The van der Waals surface area contributed by atoms with Gasteiger partial charge in [0.2, 0.25) is 0 Å². The van der Waals surface area contributed by atoms with Crippen LogP contribution in [0.3, 0.4) is 0 Å². The first kappa shape index (κ1) is 14.1. The lowest BCUT2D eigenvalue weighted by molar-refractivity contribution is 0.252. The molecule has 0 radical (unpaired) electrons. The molecule has 1 aromatic carbocycles. The maximum atomic E-state index is 12.2. The number of hydrogen-bond acceptors (Lipinski definition) is 3. The van der Waals surface area contributed by atoms with E-state index in [1.54, 1.807) is 30.3 Å². The summed E-state index contributed by atoms with van der Waals surface area (Å²) in [7, 11) is 0. The van der Waals surface area contributed by atoms with Crippen molar-refractivity contribution >= 4 is 24.0 Å². The van der Waals surface area contributed by atoms with Crippen LogP contribution in [0.2, 0.25) is 0 Å². The number of benzene rings is 1. The Morgan fingerprint density at radius 3 is 2.58 bits per heavy atom. The molecule has 0 saturated heterocycles. The summed E-state index contributed by atoms with van der Waals surface area (Å²) in [5.41, 5.74) is 1.76. The minimum atomic E-state index is -2.40. The van der Waals surface area contributed by atoms with E-state index in [2.05, 4.69) is 9.97 Å². The smallest absolute Gasteiger partial charge is 0.288 e. The second kappa shape index (κ2) is 6.25. The van der Waals surface area contributed by atoms with Crippen molar-refractivity contribution in [3.8, 4) is 11.3 Å². The summed E-state index contributed by atoms with van der Waals surface area (Å²) in [6, 6.07) is 8.71. The molecule has 2 nitrogen and oxygen atoms in total. The van der Waals surface area contributed by atoms with Crippen LogP contribution >= 0.6 is 24.0 Å². The second-order valence-electron chi connectivity index (χ2n) is 3.84. The average Bonchev–Trinajstić information content (AvgIpc) is 2.38. The molecule has 0 amide bonds. The van der Waals surface area contributed by atoms with Gasteiger partial charge >= 0.3 is 0 Å². The topological polar surface area (TPSA) is 28.7 Å². The molecule has 2 rings (SSSR count). The minimum Gasteiger partial charge on any atom is -0.343 e. The molecule has 0 bridgehead atoms. The number of nitrogens with one attached hydrogen (secondary N) is 1. The van der Waals surface area contributed by atoms with E-state index in [9.17, 15) is 8.78 Å². The van der Waals surface area contributed by atoms with Gasteiger partial charge in [-0.15, -0.1) is 0 Å². The summed E-state index contributed by atoms with van der Waals surface area (Å²) in [4.78, 5) is 7.91. The molecule has 1 aromatic heterocycles. The molecule has 1 N–H and O–H groups in total. The number of aromatic amines is 1. The lowest BCUT2D eigenvalue weighted by atomic mass is 10.1. The first-order valence-electron chi connectivity index (χ1n) is 5.74. The third-order valence-electron chi connectivity index (χ3n) is 2.52. The van der Waals surface area contributed by atoms with Crippen LogP contribution in [0, 0.1) is 4.64 Å². The first-order chi connectivity index (χ1) is 9.08. The first-order valence-corrected chi connectivity index (χ1v) is 7.02. The zero-order valence-electron chi connectivity index (χ0n) is 10.2. The minimum absolute atomic E-state index is 0.525. The highest BCUT2D eigenvalue weighted by molar-refractivity contribution is 7.99. The van der Waals surface area contributed by atoms with E-state index < -0.39 is 5.76 Å². The summed E-state index contributed by atoms with van der Waals surface area (Å²) < 4.78 is 25.0. The monoisotopic (exact) mass is 298 g/mol. The van der Waals surface area contributed by atoms with Gasteiger partial charge in [0.1, 0.15) is 10.5 Å². The fraction of sp³-hybridized carbons (Fsp3) is 0.231. The Kier molecular flexibility index (Phi) is 4.66. The van der Waals surface area contributed by atoms with Gasteiger partial charge in [-0.3, -0.25) is 0 Å². The molecule has 0 spiro atoms. The molecule has 0 aliphatic rings. The number of thioether (sulfide) groups is 1. The lowest BCUT2D eigenvalue weighted by Gasteiger charge is -2.06. The fourth-order valence-corrected chi connectivity index (χ4v) is 2.37. The van der Waals surface area contributed by atoms with E-state index in [1.165, 1.54) is 0 Å². The maximum absolute atomic E-state index is 12.2. The van der Waals surface area contributed by atoms with E-state index in [-0.39, 0.29) is 0 Å². The molecule has 0 fully saturated rings. The predicted molar refractivity (Wildman–Crippen MR) is 76.1 cm³/mol. The van der Waals surface area contributed by atoms with Gasteiger partial charge in [0.15, 0.2) is 0 Å². The molecule has 6 heteroatoms. The van der Waals surface area contributed by atoms with Crippen molar-refractivity contribution in [2.75, 3.05) is 0 Å². The molecule has 19 heavy (non-hydrogen) atoms. The van der Waals surface area contributed by atoms with E-state index in [4.69, 9.17) is 12.2 Å². The van der Waals surface area contributed by atoms with Crippen LogP contribution in [0.5, 0.6) is 0 Å². The van der Waals surface area contributed by atoms with Crippen LogP contribution in [0.25, 0.3) is 11.3 Å². The Morgan fingerprint density at radius 2 is 2.00 bits per heavy atom. The molecule has 0 unspecified atom stereocenters. The van der Waals surface area contributed by atoms with Crippen molar-refractivity contribution in [2.45, 2.75) is 24.0 Å². The second-order valence-corrected chi connectivity index (χ2v) is 5.32. The SMILES string of the molecule is CCc1nc(=S)cc(-c2ccc(SC(F)F)cc2)[nH]1. The van der Waals surface area contributed by atoms with Gasteiger partial charge in [-0.1, -0.05) is 43.0 Å². The lowest BCUT2D eigenvalue weighted by Crippen LogP contribution is -1.95. The van der Waals surface area contributed by atoms with Crippen LogP contribution < -0.4 is 0 Å². The van der Waals surface area contributed by atoms with Gasteiger partial charge in [-0.05, 0) is 23.8 Å². The summed E-state index contributed by atoms with van der Waals surface area (Å²) in [5, 5.41) is 0. The van der Waals surface area contributed by atoms with Gasteiger partial charge in [0.05, 0.1) is 0 Å². The van der Waals surface area contributed by atoms with Gasteiger partial charge in [0, 0.05) is 17.0 Å². The Labute approximate surface area is 119 Å². The third-order valence-corrected chi connectivity index (χ3v) is 3.45. The number of alkyl halides is 2. The standard InChI is InChI=1S/C13H12F2N2S2/c1-2-11-16-10(7-12(18)17-11)8-3-5-9(6-4-8)19-13(14)15/h3-7,13H,2H2,1H3,(H,16,17,18). The highest BCUT2D eigenvalue weighted by atomic mass is 32.2. The molecule has 2 aromatic rings. The highest BCUT2D eigenvalue weighted by Gasteiger charge is 2.06. The number of nitrogens with zero attached hydrogens (tertiary/aromatic N) is 1. The van der Waals surface area contributed by atoms with Crippen molar-refractivity contribution in [2.24, 2.45) is 0 Å². The molecule has 100 valence electrons. The number of H-pyrrole nitrogens is 1. The number of hydrogen-bond donors (Lipinski definition) is 1. The van der Waals surface area contributed by atoms with Crippen molar-refractivity contribution in [3.63, 3.8) is 0 Å². The van der Waals surface area contributed by atoms with Crippen LogP contribution in [0.1, 0.15) is 12.7 Å². The maximum Gasteiger partial charge on any atom is 0.288 e. The highest BCUT2D eigenvalue weighted by Crippen LogP contribution is 2.27. The van der Waals surface area contributed by atoms with Crippen molar-refractivity contribution < 1.29 is 8.78 Å². The molecule has 1 heterocycles. The van der Waals surface area contributed by atoms with Crippen LogP contribution in [0.15, 0.2) is 35.2 Å². The molecule has 0 aliphatic carbocycles. The Balaban J connectivity index is 2.31. The molecular formula is C13H12F2N2S2. The number of halogens is 2. The normalized spacial score (nSPS) is 10.9. The third kappa shape index (κ3) is 3.84. The number of aromatic nitrogens is 2. The Hall–Kier alpha value is -1.27. The van der Waals surface area contributed by atoms with Gasteiger partial charge < -0.3 is 4.98 Å². The van der Waals surface area contributed by atoms with E-state index in [0.717, 1.165) is 23.5 Å². The van der Waals surface area contributed by atoms with Crippen LogP contribution in [0.4, 0.5) is 8.78 Å². The quantitative estimate of drug-likeness (QED) is 0.656. The van der Waals surface area contributed by atoms with E-state index in [1.807, 2.05) is 6.92 Å². The Morgan fingerprint density at radius 1 is 1.32 bits per heavy atom. The largest absolute Gasteiger partial charge is 0.343 e. The van der Waals surface area contributed by atoms with E-state index in [0.29, 0.717) is 21.3 Å². The van der Waals surface area contributed by atoms with Gasteiger partial charge in [-0.25, -0.2) is 4.98 Å². The average molecular weight is 298 g/mol. The van der Waals surface area contributed by atoms with Crippen molar-refractivity contribution in [1.29, 1.82) is 0 Å². The van der Waals surface area contributed by atoms with E-state index >= 15 is 0 Å². The molecule has 0 saturated carbocycles. The summed E-state index contributed by atoms with van der Waals surface area (Å²) in [6.45, 7) is 1.99. The predicted octanol–water partition coefficient (Wildman–Crippen LogP) is 4.68. The summed E-state index contributed by atoms with van der Waals surface area (Å²) in [5.74, 6) is -1.59. The number of aryl methyl sites for hydroxylation is 1. The van der Waals surface area contributed by atoms with Crippen molar-refractivity contribution in [1.82, 2.24) is 9.97 Å². The van der Waals surface area contributed by atoms with Crippen LogP contribution in [-0.4, -0.2) is 15.7 Å². The molecule has 0 atom stereocenters. The van der Waals surface area contributed by atoms with Crippen LogP contribution in [-0.2, 0) is 6.42 Å². The van der Waals surface area contributed by atoms with Gasteiger partial charge in [0.25, 0.3) is 5.76 Å². The fourth-order valence-electron chi connectivity index (χ4n) is 1.65. The molecule has 0 aliphatic heterocycles. The zero-order valence-corrected chi connectivity index (χ0v) is 11.8. The van der Waals surface area contributed by atoms with Crippen molar-refractivity contribution in [3.05, 3.63) is 40.8 Å². The number of rotatable bonds is 4. The molecular weight excluding hydrogens is 286 g/mol. The summed E-state index contributed by atoms with van der Waals surface area (Å²) in [6.07, 6.45) is 0.761. The van der Waals surface area contributed by atoms with Gasteiger partial charge in [-0.2, -0.15) is 8.78 Å². The zero-order chi connectivity index (χ0) is 13.8. The summed E-state index contributed by atoms with van der Waals surface area (Å²) >= 11 is 5.64.